The Hall–Kier alpha value is -1.66. The number of carbonyl (C=O) groups is 1. The van der Waals surface area contributed by atoms with Crippen molar-refractivity contribution in [3.8, 4) is 0 Å². The van der Waals surface area contributed by atoms with Crippen LogP contribution in [-0.2, 0) is 10.0 Å². The lowest BCUT2D eigenvalue weighted by atomic mass is 9.99. The molecule has 0 unspecified atom stereocenters. The van der Waals surface area contributed by atoms with Crippen molar-refractivity contribution in [1.29, 1.82) is 0 Å². The summed E-state index contributed by atoms with van der Waals surface area (Å²) < 4.78 is 26.9. The van der Waals surface area contributed by atoms with Gasteiger partial charge in [-0.3, -0.25) is 4.79 Å². The van der Waals surface area contributed by atoms with Crippen molar-refractivity contribution in [3.63, 3.8) is 0 Å². The molecular weight excluding hydrogens is 336 g/mol. The van der Waals surface area contributed by atoms with E-state index in [1.807, 2.05) is 6.92 Å². The van der Waals surface area contributed by atoms with Gasteiger partial charge in [0, 0.05) is 25.2 Å². The predicted molar refractivity (Wildman–Crippen MR) is 98.1 cm³/mol. The molecule has 1 fully saturated rings. The zero-order valence-electron chi connectivity index (χ0n) is 14.8. The molecule has 1 saturated heterocycles. The first kappa shape index (κ1) is 18.1. The van der Waals surface area contributed by atoms with Gasteiger partial charge in [-0.15, -0.1) is 0 Å². The Kier molecular flexibility index (Phi) is 5.59. The number of rotatable bonds is 5. The van der Waals surface area contributed by atoms with E-state index < -0.39 is 10.0 Å². The molecule has 0 saturated carbocycles. The molecule has 6 heteroatoms. The molecule has 3 rings (SSSR count). The lowest BCUT2D eigenvalue weighted by Crippen LogP contribution is -2.29. The molecule has 0 spiro atoms. The first-order valence-electron chi connectivity index (χ1n) is 9.05. The molecule has 0 bridgehead atoms. The summed E-state index contributed by atoms with van der Waals surface area (Å²) in [5.74, 6) is -0.206. The fourth-order valence-electron chi connectivity index (χ4n) is 3.44. The van der Waals surface area contributed by atoms with Crippen molar-refractivity contribution in [2.45, 2.75) is 50.3 Å². The van der Waals surface area contributed by atoms with Gasteiger partial charge >= 0.3 is 0 Å². The third-order valence-electron chi connectivity index (χ3n) is 5.02. The van der Waals surface area contributed by atoms with Crippen molar-refractivity contribution in [1.82, 2.24) is 9.62 Å². The van der Waals surface area contributed by atoms with Crippen LogP contribution in [0.2, 0.25) is 0 Å². The molecule has 0 aromatic heterocycles. The largest absolute Gasteiger partial charge is 0.348 e. The van der Waals surface area contributed by atoms with Crippen LogP contribution in [0.25, 0.3) is 0 Å². The van der Waals surface area contributed by atoms with E-state index in [2.05, 4.69) is 11.4 Å². The topological polar surface area (TPSA) is 66.5 Å². The molecule has 1 aliphatic carbocycles. The van der Waals surface area contributed by atoms with E-state index in [9.17, 15) is 13.2 Å². The third kappa shape index (κ3) is 4.12. The van der Waals surface area contributed by atoms with Gasteiger partial charge in [0.05, 0.1) is 4.90 Å². The first-order valence-corrected chi connectivity index (χ1v) is 10.5. The number of hydrogen-bond acceptors (Lipinski definition) is 3. The average molecular weight is 362 g/mol. The molecule has 1 N–H and O–H groups in total. The minimum atomic E-state index is -3.50. The molecule has 1 aromatic carbocycles. The average Bonchev–Trinajstić information content (AvgIpc) is 3.16. The maximum Gasteiger partial charge on any atom is 0.251 e. The van der Waals surface area contributed by atoms with Gasteiger partial charge in [-0.05, 0) is 63.1 Å². The van der Waals surface area contributed by atoms with Gasteiger partial charge in [0.25, 0.3) is 5.91 Å². The molecule has 5 nitrogen and oxygen atoms in total. The molecule has 136 valence electrons. The van der Waals surface area contributed by atoms with E-state index in [1.54, 1.807) is 12.1 Å². The van der Waals surface area contributed by atoms with Crippen LogP contribution in [0, 0.1) is 6.92 Å². The van der Waals surface area contributed by atoms with E-state index in [0.29, 0.717) is 25.2 Å². The van der Waals surface area contributed by atoms with Crippen molar-refractivity contribution in [3.05, 3.63) is 41.0 Å². The van der Waals surface area contributed by atoms with Crippen molar-refractivity contribution in [2.75, 3.05) is 19.6 Å². The predicted octanol–water partition coefficient (Wildman–Crippen LogP) is 3.01. The van der Waals surface area contributed by atoms with E-state index >= 15 is 0 Å². The maximum atomic E-state index is 12.7. The summed E-state index contributed by atoms with van der Waals surface area (Å²) in [5, 5.41) is 2.94. The number of benzene rings is 1. The van der Waals surface area contributed by atoms with Crippen LogP contribution in [0.1, 0.15) is 54.4 Å². The highest BCUT2D eigenvalue weighted by atomic mass is 32.2. The second-order valence-electron chi connectivity index (χ2n) is 6.88. The Morgan fingerprint density at radius 3 is 2.60 bits per heavy atom. The zero-order chi connectivity index (χ0) is 17.9. The molecule has 1 aliphatic heterocycles. The first-order chi connectivity index (χ1) is 12.0. The summed E-state index contributed by atoms with van der Waals surface area (Å²) >= 11 is 0. The smallest absolute Gasteiger partial charge is 0.251 e. The second kappa shape index (κ2) is 7.70. The monoisotopic (exact) mass is 362 g/mol. The Labute approximate surface area is 150 Å². The number of carbonyl (C=O) groups excluding carboxylic acids is 1. The highest BCUT2D eigenvalue weighted by Gasteiger charge is 2.28. The normalized spacial score (nSPS) is 18.8. The van der Waals surface area contributed by atoms with Crippen LogP contribution in [0.3, 0.4) is 0 Å². The molecule has 2 aliphatic rings. The number of hydrogen-bond donors (Lipinski definition) is 1. The molecule has 25 heavy (non-hydrogen) atoms. The number of amides is 1. The lowest BCUT2D eigenvalue weighted by molar-refractivity contribution is 0.0955. The minimum Gasteiger partial charge on any atom is -0.348 e. The summed E-state index contributed by atoms with van der Waals surface area (Å²) in [6, 6.07) is 4.84. The summed E-state index contributed by atoms with van der Waals surface area (Å²) in [5.41, 5.74) is 2.49. The number of nitrogens with zero attached hydrogens (tertiary/aromatic N) is 1. The Morgan fingerprint density at radius 1 is 1.16 bits per heavy atom. The fourth-order valence-corrected chi connectivity index (χ4v) is 4.98. The van der Waals surface area contributed by atoms with E-state index in [1.165, 1.54) is 28.8 Å². The number of allylic oxidation sites excluding steroid dienone is 1. The van der Waals surface area contributed by atoms with Crippen LogP contribution in [-0.4, -0.2) is 38.3 Å². The molecule has 0 atom stereocenters. The van der Waals surface area contributed by atoms with Crippen molar-refractivity contribution < 1.29 is 13.2 Å². The van der Waals surface area contributed by atoms with Gasteiger partial charge in [-0.1, -0.05) is 17.7 Å². The summed E-state index contributed by atoms with van der Waals surface area (Å²) in [6.45, 7) is 3.50. The number of aryl methyl sites for hydroxylation is 1. The summed E-state index contributed by atoms with van der Waals surface area (Å²) in [6.07, 6.45) is 8.49. The van der Waals surface area contributed by atoms with Crippen molar-refractivity contribution >= 4 is 15.9 Å². The van der Waals surface area contributed by atoms with Crippen LogP contribution in [0.15, 0.2) is 34.7 Å². The summed E-state index contributed by atoms with van der Waals surface area (Å²) in [4.78, 5) is 12.8. The van der Waals surface area contributed by atoms with Crippen LogP contribution in [0.4, 0.5) is 0 Å². The Morgan fingerprint density at radius 2 is 1.92 bits per heavy atom. The molecular formula is C19H26N2O3S. The molecule has 1 aromatic rings. The highest BCUT2D eigenvalue weighted by Crippen LogP contribution is 2.23. The minimum absolute atomic E-state index is 0.206. The highest BCUT2D eigenvalue weighted by molar-refractivity contribution is 7.89. The SMILES string of the molecule is Cc1ccc(S(=O)(=O)N2CCCC2)cc1C(=O)NCC1=CCCCC1. The lowest BCUT2D eigenvalue weighted by Gasteiger charge is -2.17. The standard InChI is InChI=1S/C19H26N2O3S/c1-15-9-10-17(25(23,24)21-11-5-6-12-21)13-18(15)19(22)20-14-16-7-3-2-4-8-16/h7,9-10,13H,2-6,8,11-12,14H2,1H3,(H,20,22). The Balaban J connectivity index is 1.76. The van der Waals surface area contributed by atoms with Gasteiger partial charge in [-0.2, -0.15) is 4.31 Å². The van der Waals surface area contributed by atoms with Crippen LogP contribution in [0.5, 0.6) is 0 Å². The van der Waals surface area contributed by atoms with E-state index in [-0.39, 0.29) is 10.8 Å². The van der Waals surface area contributed by atoms with Crippen LogP contribution < -0.4 is 5.32 Å². The van der Waals surface area contributed by atoms with Gasteiger partial charge < -0.3 is 5.32 Å². The quantitative estimate of drug-likeness (QED) is 0.819. The van der Waals surface area contributed by atoms with Crippen LogP contribution >= 0.6 is 0 Å². The van der Waals surface area contributed by atoms with E-state index in [0.717, 1.165) is 31.2 Å². The van der Waals surface area contributed by atoms with Gasteiger partial charge in [0.1, 0.15) is 0 Å². The van der Waals surface area contributed by atoms with Crippen molar-refractivity contribution in [2.24, 2.45) is 0 Å². The zero-order valence-corrected chi connectivity index (χ0v) is 15.6. The maximum absolute atomic E-state index is 12.7. The van der Waals surface area contributed by atoms with Gasteiger partial charge in [-0.25, -0.2) is 8.42 Å². The van der Waals surface area contributed by atoms with Gasteiger partial charge in [0.2, 0.25) is 10.0 Å². The molecule has 1 heterocycles. The molecule has 1 amide bonds. The second-order valence-corrected chi connectivity index (χ2v) is 8.82. The molecule has 0 radical (unpaired) electrons. The summed E-state index contributed by atoms with van der Waals surface area (Å²) in [7, 11) is -3.50. The van der Waals surface area contributed by atoms with Gasteiger partial charge in [0.15, 0.2) is 0 Å². The fraction of sp³-hybridized carbons (Fsp3) is 0.526. The third-order valence-corrected chi connectivity index (χ3v) is 6.91. The number of nitrogens with one attached hydrogen (secondary N) is 1. The van der Waals surface area contributed by atoms with E-state index in [4.69, 9.17) is 0 Å². The number of sulfonamides is 1. The Bertz CT molecular complexity index is 778.